The van der Waals surface area contributed by atoms with Crippen LogP contribution in [0.4, 0.5) is 0 Å². The molecular formula is C12H16Ti. The average molecular weight is 208 g/mol. The minimum atomic E-state index is 0. The third-order valence-electron chi connectivity index (χ3n) is 1.17. The van der Waals surface area contributed by atoms with E-state index in [0.29, 0.717) is 0 Å². The van der Waals surface area contributed by atoms with Gasteiger partial charge in [-0.1, -0.05) is 0 Å². The molecule has 0 saturated heterocycles. The average Bonchev–Trinajstić information content (AvgIpc) is 2.87. The second-order valence-corrected chi connectivity index (χ2v) is 2.01. The predicted octanol–water partition coefficient (Wildman–Crippen LogP) is 3.64. The van der Waals surface area contributed by atoms with E-state index in [9.17, 15) is 0 Å². The van der Waals surface area contributed by atoms with E-state index in [-0.39, 0.29) is 24.6 Å². The van der Waals surface area contributed by atoms with E-state index in [4.69, 9.17) is 0 Å². The monoisotopic (exact) mass is 208 g/mol. The van der Waals surface area contributed by atoms with Gasteiger partial charge in [0.15, 0.2) is 0 Å². The van der Waals surface area contributed by atoms with Gasteiger partial charge in [-0.3, -0.25) is 12.2 Å². The van der Waals surface area contributed by atoms with E-state index in [1.165, 1.54) is 0 Å². The Bertz CT molecular complexity index is 164. The summed E-state index contributed by atoms with van der Waals surface area (Å²) in [5.41, 5.74) is 0. The molecule has 0 fully saturated rings. The van der Waals surface area contributed by atoms with Crippen LogP contribution in [0.15, 0.2) is 49.6 Å². The zero-order chi connectivity index (χ0) is 9.07. The molecule has 2 aliphatic carbocycles. The summed E-state index contributed by atoms with van der Waals surface area (Å²) < 4.78 is 0. The molecule has 1 heteroatoms. The molecule has 0 nitrogen and oxygen atoms in total. The van der Waals surface area contributed by atoms with Gasteiger partial charge in [0.05, 0.1) is 0 Å². The fraction of sp³-hybridized carbons (Fsp3) is 0.167. The fourth-order valence-electron chi connectivity index (χ4n) is 0.680. The van der Waals surface area contributed by atoms with Crippen molar-refractivity contribution in [2.24, 2.45) is 0 Å². The molecule has 0 bridgehead atoms. The first-order valence-corrected chi connectivity index (χ1v) is 3.93. The molecule has 0 N–H and O–H groups in total. The summed E-state index contributed by atoms with van der Waals surface area (Å²) in [4.78, 5) is 0. The van der Waals surface area contributed by atoms with Crippen molar-refractivity contribution in [1.82, 2.24) is 0 Å². The number of allylic oxidation sites excluding steroid dienone is 8. The molecule has 0 aliphatic heterocycles. The van der Waals surface area contributed by atoms with Gasteiger partial charge in [-0.05, 0) is 0 Å². The molecule has 2 aliphatic rings. The zero-order valence-corrected chi connectivity index (χ0v) is 9.35. The molecule has 0 radical (unpaired) electrons. The molecule has 0 aromatic carbocycles. The van der Waals surface area contributed by atoms with Crippen LogP contribution in [0.2, 0.25) is 0 Å². The van der Waals surface area contributed by atoms with Crippen molar-refractivity contribution in [3.8, 4) is 0 Å². The van der Waals surface area contributed by atoms with Gasteiger partial charge in [0.25, 0.3) is 0 Å². The van der Waals surface area contributed by atoms with Crippen LogP contribution in [0, 0.1) is 12.2 Å². The smallest absolute Gasteiger partial charge is 1.00 e. The Hall–Kier alpha value is -0.586. The number of rotatable bonds is 0. The van der Waals surface area contributed by atoms with Crippen molar-refractivity contribution >= 4 is 0 Å². The third kappa shape index (κ3) is 11.4. The minimum Gasteiger partial charge on any atom is -1.00 e. The molecule has 0 amide bonds. The molecule has 0 unspecified atom stereocenters. The normalized spacial score (nSPS) is 13.8. The van der Waals surface area contributed by atoms with Crippen molar-refractivity contribution in [2.75, 3.05) is 0 Å². The second kappa shape index (κ2) is 14.0. The Labute approximate surface area is 99.3 Å². The van der Waals surface area contributed by atoms with Crippen LogP contribution in [-0.4, -0.2) is 0 Å². The summed E-state index contributed by atoms with van der Waals surface area (Å²) in [6.07, 6.45) is 20.0. The standard InChI is InChI=1S/2C5H5.C2H4.Ti.2H/c2*1-2-4-5-3-1;1-2;;;/h2*1-3H,4H2;1-2H2;;;/q2*-1;;+4;2*-1. The summed E-state index contributed by atoms with van der Waals surface area (Å²) in [6.45, 7) is 6.00. The van der Waals surface area contributed by atoms with Crippen molar-refractivity contribution in [3.63, 3.8) is 0 Å². The first kappa shape index (κ1) is 14.9. The van der Waals surface area contributed by atoms with Gasteiger partial charge in [0.2, 0.25) is 0 Å². The maximum Gasteiger partial charge on any atom is 4.00 e. The summed E-state index contributed by atoms with van der Waals surface area (Å²) in [5, 5.41) is 0. The topological polar surface area (TPSA) is 0 Å². The first-order valence-electron chi connectivity index (χ1n) is 3.93. The Kier molecular flexibility index (Phi) is 16.0. The van der Waals surface area contributed by atoms with Gasteiger partial charge in [0, 0.05) is 0 Å². The van der Waals surface area contributed by atoms with E-state index >= 15 is 0 Å². The summed E-state index contributed by atoms with van der Waals surface area (Å²) in [5.74, 6) is 0. The minimum absolute atomic E-state index is 0. The molecular weight excluding hydrogens is 192 g/mol. The van der Waals surface area contributed by atoms with Crippen LogP contribution in [-0.2, 0) is 21.7 Å². The van der Waals surface area contributed by atoms with Crippen molar-refractivity contribution < 1.29 is 24.6 Å². The van der Waals surface area contributed by atoms with Gasteiger partial charge < -0.3 is 2.85 Å². The maximum absolute atomic E-state index is 3.00. The maximum atomic E-state index is 3.00. The van der Waals surface area contributed by atoms with Gasteiger partial charge in [-0.2, -0.15) is 12.2 Å². The van der Waals surface area contributed by atoms with Crippen LogP contribution in [0.1, 0.15) is 15.7 Å². The summed E-state index contributed by atoms with van der Waals surface area (Å²) >= 11 is 0. The molecule has 2 rings (SSSR count). The van der Waals surface area contributed by atoms with Crippen LogP contribution < -0.4 is 0 Å². The first-order chi connectivity index (χ1) is 6.00. The molecule has 0 aromatic rings. The molecule has 0 aromatic heterocycles. The molecule has 0 saturated carbocycles. The largest absolute Gasteiger partial charge is 4.00 e. The Morgan fingerprint density at radius 2 is 1.31 bits per heavy atom. The number of hydrogen-bond donors (Lipinski definition) is 0. The van der Waals surface area contributed by atoms with Crippen molar-refractivity contribution in [1.29, 1.82) is 0 Å². The van der Waals surface area contributed by atoms with Gasteiger partial charge in [0.1, 0.15) is 0 Å². The van der Waals surface area contributed by atoms with Crippen LogP contribution in [0.25, 0.3) is 0 Å². The predicted molar refractivity (Wildman–Crippen MR) is 56.6 cm³/mol. The van der Waals surface area contributed by atoms with Crippen molar-refractivity contribution in [2.45, 2.75) is 12.8 Å². The third-order valence-corrected chi connectivity index (χ3v) is 1.17. The summed E-state index contributed by atoms with van der Waals surface area (Å²) in [6, 6.07) is 0. The molecule has 68 valence electrons. The van der Waals surface area contributed by atoms with Gasteiger partial charge >= 0.3 is 21.7 Å². The van der Waals surface area contributed by atoms with Gasteiger partial charge in [-0.15, -0.1) is 26.0 Å². The van der Waals surface area contributed by atoms with Crippen LogP contribution in [0.3, 0.4) is 0 Å². The van der Waals surface area contributed by atoms with Crippen molar-refractivity contribution in [3.05, 3.63) is 61.8 Å². The van der Waals surface area contributed by atoms with E-state index in [1.54, 1.807) is 0 Å². The van der Waals surface area contributed by atoms with E-state index < -0.39 is 0 Å². The van der Waals surface area contributed by atoms with E-state index in [2.05, 4.69) is 37.5 Å². The molecule has 0 atom stereocenters. The molecule has 13 heavy (non-hydrogen) atoms. The number of hydrogen-bond acceptors (Lipinski definition) is 0. The second-order valence-electron chi connectivity index (χ2n) is 2.01. The molecule has 0 spiro atoms. The van der Waals surface area contributed by atoms with E-state index in [0.717, 1.165) is 12.8 Å². The Balaban J connectivity index is -0.0000000592. The SMILES string of the molecule is C=C.[C-]1=CC=CC1.[C-]1=CC=CC1.[H-].[H-].[Ti+4]. The quantitative estimate of drug-likeness (QED) is 0.324. The van der Waals surface area contributed by atoms with E-state index in [1.807, 2.05) is 24.3 Å². The van der Waals surface area contributed by atoms with Crippen LogP contribution in [0.5, 0.6) is 0 Å². The fourth-order valence-corrected chi connectivity index (χ4v) is 0.680. The zero-order valence-electron chi connectivity index (χ0n) is 9.79. The summed E-state index contributed by atoms with van der Waals surface area (Å²) in [7, 11) is 0. The van der Waals surface area contributed by atoms with Crippen LogP contribution >= 0.6 is 0 Å². The Morgan fingerprint density at radius 1 is 0.923 bits per heavy atom. The molecule has 0 heterocycles. The van der Waals surface area contributed by atoms with Gasteiger partial charge in [-0.25, -0.2) is 24.3 Å². The Morgan fingerprint density at radius 3 is 1.38 bits per heavy atom.